The number of carbonyl (C=O) groups is 2. The number of thioether (sulfide) groups is 1. The van der Waals surface area contributed by atoms with E-state index in [2.05, 4.69) is 36.5 Å². The average molecular weight is 487 g/mol. The van der Waals surface area contributed by atoms with E-state index in [0.717, 1.165) is 10.0 Å². The van der Waals surface area contributed by atoms with E-state index in [4.69, 9.17) is 4.74 Å². The summed E-state index contributed by atoms with van der Waals surface area (Å²) in [6.07, 6.45) is 4.96. The van der Waals surface area contributed by atoms with Gasteiger partial charge in [-0.3, -0.25) is 14.6 Å². The molecular weight excluding hydrogens is 468 g/mol. The van der Waals surface area contributed by atoms with Gasteiger partial charge in [0.2, 0.25) is 11.8 Å². The Kier molecular flexibility index (Phi) is 8.22. The SMILES string of the molecule is O=C(CSCC(=O)Nc1ncccc1OCc1ccncc1)Nc1cccc(Br)c1. The van der Waals surface area contributed by atoms with Crippen molar-refractivity contribution in [2.75, 3.05) is 22.1 Å². The highest BCUT2D eigenvalue weighted by molar-refractivity contribution is 9.10. The summed E-state index contributed by atoms with van der Waals surface area (Å²) in [7, 11) is 0. The molecule has 0 aliphatic heterocycles. The first-order valence-corrected chi connectivity index (χ1v) is 10.9. The molecule has 0 fully saturated rings. The first-order chi connectivity index (χ1) is 14.6. The maximum Gasteiger partial charge on any atom is 0.235 e. The fourth-order valence-electron chi connectivity index (χ4n) is 2.41. The Hall–Kier alpha value is -2.91. The molecule has 30 heavy (non-hydrogen) atoms. The lowest BCUT2D eigenvalue weighted by Gasteiger charge is -2.11. The van der Waals surface area contributed by atoms with Crippen LogP contribution in [0.2, 0.25) is 0 Å². The Morgan fingerprint density at radius 3 is 2.50 bits per heavy atom. The molecule has 154 valence electrons. The maximum atomic E-state index is 12.2. The van der Waals surface area contributed by atoms with Crippen LogP contribution >= 0.6 is 27.7 Å². The molecule has 0 spiro atoms. The highest BCUT2D eigenvalue weighted by Gasteiger charge is 2.11. The number of nitrogens with one attached hydrogen (secondary N) is 2. The van der Waals surface area contributed by atoms with Crippen molar-refractivity contribution in [3.8, 4) is 5.75 Å². The van der Waals surface area contributed by atoms with Gasteiger partial charge in [-0.15, -0.1) is 11.8 Å². The van der Waals surface area contributed by atoms with Crippen LogP contribution in [0.1, 0.15) is 5.56 Å². The molecule has 0 radical (unpaired) electrons. The van der Waals surface area contributed by atoms with Crippen molar-refractivity contribution in [2.24, 2.45) is 0 Å². The van der Waals surface area contributed by atoms with Crippen molar-refractivity contribution in [3.63, 3.8) is 0 Å². The molecule has 0 saturated carbocycles. The molecule has 0 aliphatic carbocycles. The van der Waals surface area contributed by atoms with Crippen LogP contribution in [-0.2, 0) is 16.2 Å². The van der Waals surface area contributed by atoms with E-state index in [1.165, 1.54) is 11.8 Å². The molecule has 2 amide bonds. The quantitative estimate of drug-likeness (QED) is 0.472. The average Bonchev–Trinajstić information content (AvgIpc) is 2.74. The Morgan fingerprint density at radius 1 is 0.967 bits per heavy atom. The van der Waals surface area contributed by atoms with Gasteiger partial charge in [-0.25, -0.2) is 4.98 Å². The summed E-state index contributed by atoms with van der Waals surface area (Å²) < 4.78 is 6.64. The summed E-state index contributed by atoms with van der Waals surface area (Å²) in [6, 6.07) is 14.5. The summed E-state index contributed by atoms with van der Waals surface area (Å²) in [5.41, 5.74) is 1.65. The van der Waals surface area contributed by atoms with E-state index in [1.807, 2.05) is 30.3 Å². The normalized spacial score (nSPS) is 10.3. The van der Waals surface area contributed by atoms with Crippen LogP contribution in [-0.4, -0.2) is 33.3 Å². The van der Waals surface area contributed by atoms with Crippen LogP contribution in [0.15, 0.2) is 71.6 Å². The second-order valence-corrected chi connectivity index (χ2v) is 8.00. The maximum absolute atomic E-state index is 12.2. The Balaban J connectivity index is 1.45. The van der Waals surface area contributed by atoms with Crippen molar-refractivity contribution in [3.05, 3.63) is 77.2 Å². The van der Waals surface area contributed by atoms with Gasteiger partial charge in [0.1, 0.15) is 6.61 Å². The molecule has 0 unspecified atom stereocenters. The molecule has 9 heteroatoms. The minimum absolute atomic E-state index is 0.117. The number of nitrogens with zero attached hydrogens (tertiary/aromatic N) is 2. The molecule has 3 rings (SSSR count). The number of hydrogen-bond acceptors (Lipinski definition) is 6. The van der Waals surface area contributed by atoms with Crippen LogP contribution in [0, 0.1) is 0 Å². The van der Waals surface area contributed by atoms with Crippen LogP contribution in [0.5, 0.6) is 5.75 Å². The molecule has 2 aromatic heterocycles. The minimum atomic E-state index is -0.261. The zero-order valence-corrected chi connectivity index (χ0v) is 18.3. The van der Waals surface area contributed by atoms with Gasteiger partial charge in [0.15, 0.2) is 11.6 Å². The number of halogens is 1. The van der Waals surface area contributed by atoms with Crippen molar-refractivity contribution in [2.45, 2.75) is 6.61 Å². The van der Waals surface area contributed by atoms with Gasteiger partial charge in [-0.05, 0) is 48.0 Å². The molecule has 3 aromatic rings. The third-order valence-electron chi connectivity index (χ3n) is 3.75. The lowest BCUT2D eigenvalue weighted by molar-refractivity contribution is -0.114. The van der Waals surface area contributed by atoms with Crippen molar-refractivity contribution in [1.82, 2.24) is 9.97 Å². The van der Waals surface area contributed by atoms with E-state index >= 15 is 0 Å². The molecule has 0 aliphatic rings. The highest BCUT2D eigenvalue weighted by atomic mass is 79.9. The Labute approximate surface area is 186 Å². The number of anilines is 2. The van der Waals surface area contributed by atoms with E-state index in [-0.39, 0.29) is 23.3 Å². The Morgan fingerprint density at radius 2 is 1.73 bits per heavy atom. The van der Waals surface area contributed by atoms with Crippen molar-refractivity contribution < 1.29 is 14.3 Å². The number of hydrogen-bond donors (Lipinski definition) is 2. The summed E-state index contributed by atoms with van der Waals surface area (Å²) in [6.45, 7) is 0.335. The number of aromatic nitrogens is 2. The number of rotatable bonds is 9. The van der Waals surface area contributed by atoms with E-state index in [1.54, 1.807) is 36.8 Å². The highest BCUT2D eigenvalue weighted by Crippen LogP contribution is 2.22. The molecule has 2 heterocycles. The molecule has 2 N–H and O–H groups in total. The van der Waals surface area contributed by atoms with E-state index in [0.29, 0.717) is 23.9 Å². The van der Waals surface area contributed by atoms with Gasteiger partial charge in [0.05, 0.1) is 11.5 Å². The van der Waals surface area contributed by atoms with Crippen molar-refractivity contribution in [1.29, 1.82) is 0 Å². The van der Waals surface area contributed by atoms with E-state index in [9.17, 15) is 9.59 Å². The number of carbonyl (C=O) groups excluding carboxylic acids is 2. The molecular formula is C21H19BrN4O3S. The summed E-state index contributed by atoms with van der Waals surface area (Å²) in [5.74, 6) is 0.656. The van der Waals surface area contributed by atoms with Gasteiger partial charge >= 0.3 is 0 Å². The predicted octanol–water partition coefficient (Wildman–Crippen LogP) is 4.13. The van der Waals surface area contributed by atoms with Gasteiger partial charge in [0, 0.05) is 28.8 Å². The van der Waals surface area contributed by atoms with Gasteiger partial charge in [0.25, 0.3) is 0 Å². The fourth-order valence-corrected chi connectivity index (χ4v) is 3.43. The lowest BCUT2D eigenvalue weighted by atomic mass is 10.3. The van der Waals surface area contributed by atoms with Crippen LogP contribution in [0.3, 0.4) is 0 Å². The number of benzene rings is 1. The summed E-state index contributed by atoms with van der Waals surface area (Å²) in [5, 5.41) is 5.52. The van der Waals surface area contributed by atoms with Crippen molar-refractivity contribution >= 4 is 51.0 Å². The lowest BCUT2D eigenvalue weighted by Crippen LogP contribution is -2.19. The largest absolute Gasteiger partial charge is 0.485 e. The zero-order valence-electron chi connectivity index (χ0n) is 15.9. The molecule has 0 bridgehead atoms. The second kappa shape index (κ2) is 11.3. The third kappa shape index (κ3) is 7.16. The topological polar surface area (TPSA) is 93.2 Å². The second-order valence-electron chi connectivity index (χ2n) is 6.09. The summed E-state index contributed by atoms with van der Waals surface area (Å²) >= 11 is 4.57. The minimum Gasteiger partial charge on any atom is -0.485 e. The third-order valence-corrected chi connectivity index (χ3v) is 5.17. The van der Waals surface area contributed by atoms with Crippen LogP contribution in [0.4, 0.5) is 11.5 Å². The zero-order chi connectivity index (χ0) is 21.2. The van der Waals surface area contributed by atoms with Crippen LogP contribution < -0.4 is 15.4 Å². The predicted molar refractivity (Wildman–Crippen MR) is 122 cm³/mol. The monoisotopic (exact) mass is 486 g/mol. The number of amides is 2. The molecule has 0 saturated heterocycles. The van der Waals surface area contributed by atoms with Gasteiger partial charge in [-0.1, -0.05) is 22.0 Å². The first kappa shape index (κ1) is 21.8. The fraction of sp³-hybridized carbons (Fsp3) is 0.143. The smallest absolute Gasteiger partial charge is 0.235 e. The van der Waals surface area contributed by atoms with E-state index < -0.39 is 0 Å². The summed E-state index contributed by atoms with van der Waals surface area (Å²) in [4.78, 5) is 32.4. The van der Waals surface area contributed by atoms with Gasteiger partial charge in [-0.2, -0.15) is 0 Å². The number of ether oxygens (including phenoxy) is 1. The Bertz CT molecular complexity index is 1000. The van der Waals surface area contributed by atoms with Crippen LogP contribution in [0.25, 0.3) is 0 Å². The van der Waals surface area contributed by atoms with Gasteiger partial charge < -0.3 is 15.4 Å². The molecule has 1 aromatic carbocycles. The number of pyridine rings is 2. The first-order valence-electron chi connectivity index (χ1n) is 9.00. The molecule has 0 atom stereocenters. The molecule has 7 nitrogen and oxygen atoms in total. The standard InChI is InChI=1S/C21H19BrN4O3S/c22-16-3-1-4-17(11-16)25-19(27)13-30-14-20(28)26-21-18(5-2-8-24-21)29-12-15-6-9-23-10-7-15/h1-11H,12-14H2,(H,25,27)(H,24,26,28).